The molecule has 0 unspecified atom stereocenters. The van der Waals surface area contributed by atoms with Crippen LogP contribution in [-0.2, 0) is 9.59 Å². The lowest BCUT2D eigenvalue weighted by Gasteiger charge is -2.35. The lowest BCUT2D eigenvalue weighted by Crippen LogP contribution is -2.49. The van der Waals surface area contributed by atoms with Crippen molar-refractivity contribution < 1.29 is 14.7 Å². The molecule has 0 radical (unpaired) electrons. The van der Waals surface area contributed by atoms with Gasteiger partial charge in [-0.15, -0.1) is 0 Å². The first-order valence-electron chi connectivity index (χ1n) is 8.94. The van der Waals surface area contributed by atoms with E-state index in [9.17, 15) is 14.7 Å². The molecule has 1 aliphatic heterocycles. The SMILES string of the molecule is O=C(C[C@@H](CN1CCN(c2ncccn2)CC1)C(=O)O)Nc1ccccc1. The Kier molecular flexibility index (Phi) is 6.32. The summed E-state index contributed by atoms with van der Waals surface area (Å²) >= 11 is 0. The van der Waals surface area contributed by atoms with Crippen molar-refractivity contribution in [3.05, 3.63) is 48.8 Å². The minimum absolute atomic E-state index is 0.0494. The average molecular weight is 369 g/mol. The highest BCUT2D eigenvalue weighted by atomic mass is 16.4. The molecular weight excluding hydrogens is 346 g/mol. The van der Waals surface area contributed by atoms with Gasteiger partial charge in [0.1, 0.15) is 0 Å². The normalized spacial score (nSPS) is 15.9. The molecule has 0 bridgehead atoms. The molecule has 1 aliphatic rings. The maximum atomic E-state index is 12.2. The maximum absolute atomic E-state index is 12.2. The Bertz CT molecular complexity index is 748. The lowest BCUT2D eigenvalue weighted by atomic mass is 10.0. The number of piperazine rings is 1. The molecule has 2 heterocycles. The summed E-state index contributed by atoms with van der Waals surface area (Å²) in [5.74, 6) is -1.29. The number of carboxylic acids is 1. The van der Waals surface area contributed by atoms with E-state index in [4.69, 9.17) is 0 Å². The van der Waals surface area contributed by atoms with Gasteiger partial charge in [0.15, 0.2) is 0 Å². The number of amides is 1. The van der Waals surface area contributed by atoms with Crippen molar-refractivity contribution in [2.45, 2.75) is 6.42 Å². The summed E-state index contributed by atoms with van der Waals surface area (Å²) < 4.78 is 0. The highest BCUT2D eigenvalue weighted by Gasteiger charge is 2.27. The Morgan fingerprint density at radius 2 is 1.70 bits per heavy atom. The van der Waals surface area contributed by atoms with Crippen LogP contribution in [0.1, 0.15) is 6.42 Å². The monoisotopic (exact) mass is 369 g/mol. The fourth-order valence-corrected chi connectivity index (χ4v) is 3.08. The van der Waals surface area contributed by atoms with Gasteiger partial charge in [0, 0.05) is 57.2 Å². The number of hydrogen-bond donors (Lipinski definition) is 2. The maximum Gasteiger partial charge on any atom is 0.308 e. The summed E-state index contributed by atoms with van der Waals surface area (Å²) in [4.78, 5) is 36.4. The van der Waals surface area contributed by atoms with Crippen LogP contribution in [-0.4, -0.2) is 64.6 Å². The largest absolute Gasteiger partial charge is 0.481 e. The van der Waals surface area contributed by atoms with Gasteiger partial charge in [-0.25, -0.2) is 9.97 Å². The summed E-state index contributed by atoms with van der Waals surface area (Å²) in [6, 6.07) is 10.8. The van der Waals surface area contributed by atoms with Gasteiger partial charge in [-0.2, -0.15) is 0 Å². The molecule has 3 rings (SSSR count). The van der Waals surface area contributed by atoms with Crippen LogP contribution in [0.5, 0.6) is 0 Å². The molecule has 1 fully saturated rings. The first-order valence-corrected chi connectivity index (χ1v) is 8.94. The van der Waals surface area contributed by atoms with E-state index in [0.29, 0.717) is 31.3 Å². The van der Waals surface area contributed by atoms with E-state index in [-0.39, 0.29) is 12.3 Å². The first kappa shape index (κ1) is 18.8. The molecule has 1 atom stereocenters. The van der Waals surface area contributed by atoms with Gasteiger partial charge in [-0.05, 0) is 18.2 Å². The number of rotatable bonds is 7. The number of benzene rings is 1. The van der Waals surface area contributed by atoms with Gasteiger partial charge >= 0.3 is 5.97 Å². The van der Waals surface area contributed by atoms with E-state index >= 15 is 0 Å². The van der Waals surface area contributed by atoms with E-state index in [1.165, 1.54) is 0 Å². The second-order valence-electron chi connectivity index (χ2n) is 6.49. The summed E-state index contributed by atoms with van der Waals surface area (Å²) in [5.41, 5.74) is 0.670. The standard InChI is InChI=1S/C19H23N5O3/c25-17(22-16-5-2-1-3-6-16)13-15(18(26)27)14-23-9-11-24(12-10-23)19-20-7-4-8-21-19/h1-8,15H,9-14H2,(H,22,25)(H,26,27)/t15-/m0/s1. The molecule has 1 amide bonds. The van der Waals surface area contributed by atoms with Crippen LogP contribution in [0.2, 0.25) is 0 Å². The first-order chi connectivity index (χ1) is 13.1. The highest BCUT2D eigenvalue weighted by Crippen LogP contribution is 2.14. The second kappa shape index (κ2) is 9.09. The molecule has 142 valence electrons. The number of aliphatic carboxylic acids is 1. The second-order valence-corrected chi connectivity index (χ2v) is 6.49. The molecule has 1 aromatic heterocycles. The summed E-state index contributed by atoms with van der Waals surface area (Å²) in [6.45, 7) is 3.23. The van der Waals surface area contributed by atoms with Gasteiger partial charge in [0.25, 0.3) is 0 Å². The zero-order chi connectivity index (χ0) is 19.1. The number of carbonyl (C=O) groups is 2. The Labute approximate surface area is 157 Å². The van der Waals surface area contributed by atoms with Crippen molar-refractivity contribution in [3.8, 4) is 0 Å². The molecule has 0 spiro atoms. The van der Waals surface area contributed by atoms with Crippen LogP contribution in [0.15, 0.2) is 48.8 Å². The zero-order valence-corrected chi connectivity index (χ0v) is 15.0. The molecule has 2 N–H and O–H groups in total. The van der Waals surface area contributed by atoms with Gasteiger partial charge in [-0.3, -0.25) is 14.5 Å². The minimum Gasteiger partial charge on any atom is -0.481 e. The number of aromatic nitrogens is 2. The molecule has 8 nitrogen and oxygen atoms in total. The molecule has 1 saturated heterocycles. The smallest absolute Gasteiger partial charge is 0.308 e. The summed E-state index contributed by atoms with van der Waals surface area (Å²) in [5, 5.41) is 12.3. The summed E-state index contributed by atoms with van der Waals surface area (Å²) in [6.07, 6.45) is 3.37. The van der Waals surface area contributed by atoms with E-state index in [0.717, 1.165) is 13.1 Å². The lowest BCUT2D eigenvalue weighted by molar-refractivity contribution is -0.144. The molecule has 27 heavy (non-hydrogen) atoms. The highest BCUT2D eigenvalue weighted by molar-refractivity contribution is 5.93. The van der Waals surface area contributed by atoms with Crippen molar-refractivity contribution in [1.29, 1.82) is 0 Å². The van der Waals surface area contributed by atoms with Crippen molar-refractivity contribution >= 4 is 23.5 Å². The predicted octanol–water partition coefficient (Wildman–Crippen LogP) is 1.33. The number of nitrogens with zero attached hydrogens (tertiary/aromatic N) is 4. The molecule has 1 aromatic carbocycles. The van der Waals surface area contributed by atoms with Crippen LogP contribution in [0.4, 0.5) is 11.6 Å². The Morgan fingerprint density at radius 3 is 2.33 bits per heavy atom. The third-order valence-corrected chi connectivity index (χ3v) is 4.52. The van der Waals surface area contributed by atoms with Crippen LogP contribution in [0, 0.1) is 5.92 Å². The fraction of sp³-hybridized carbons (Fsp3) is 0.368. The zero-order valence-electron chi connectivity index (χ0n) is 15.0. The predicted molar refractivity (Wildman–Crippen MR) is 101 cm³/mol. The van der Waals surface area contributed by atoms with E-state index in [1.807, 2.05) is 18.2 Å². The number of hydrogen-bond acceptors (Lipinski definition) is 6. The van der Waals surface area contributed by atoms with Gasteiger partial charge in [0.2, 0.25) is 11.9 Å². The van der Waals surface area contributed by atoms with Gasteiger partial charge in [-0.1, -0.05) is 18.2 Å². The Morgan fingerprint density at radius 1 is 1.04 bits per heavy atom. The molecule has 8 heteroatoms. The van der Waals surface area contributed by atoms with Crippen LogP contribution < -0.4 is 10.2 Å². The third kappa shape index (κ3) is 5.49. The quantitative estimate of drug-likeness (QED) is 0.760. The number of nitrogens with one attached hydrogen (secondary N) is 1. The van der Waals surface area contributed by atoms with Gasteiger partial charge in [0.05, 0.1) is 5.92 Å². The topological polar surface area (TPSA) is 98.7 Å². The molecule has 0 aliphatic carbocycles. The van der Waals surface area contributed by atoms with Crippen LogP contribution in [0.3, 0.4) is 0 Å². The van der Waals surface area contributed by atoms with E-state index < -0.39 is 11.9 Å². The molecule has 2 aromatic rings. The third-order valence-electron chi connectivity index (χ3n) is 4.52. The number of carbonyl (C=O) groups excluding carboxylic acids is 1. The van der Waals surface area contributed by atoms with E-state index in [2.05, 4.69) is 25.1 Å². The molecule has 0 saturated carbocycles. The minimum atomic E-state index is -0.952. The van der Waals surface area contributed by atoms with E-state index in [1.54, 1.807) is 30.6 Å². The van der Waals surface area contributed by atoms with Crippen molar-refractivity contribution in [3.63, 3.8) is 0 Å². The van der Waals surface area contributed by atoms with Gasteiger partial charge < -0.3 is 15.3 Å². The number of carboxylic acid groups (broad SMARTS) is 1. The van der Waals surface area contributed by atoms with Crippen molar-refractivity contribution in [2.75, 3.05) is 42.9 Å². The van der Waals surface area contributed by atoms with Crippen molar-refractivity contribution in [1.82, 2.24) is 14.9 Å². The van der Waals surface area contributed by atoms with Crippen molar-refractivity contribution in [2.24, 2.45) is 5.92 Å². The fourth-order valence-electron chi connectivity index (χ4n) is 3.08. The number of para-hydroxylation sites is 1. The van der Waals surface area contributed by atoms with Crippen LogP contribution >= 0.6 is 0 Å². The number of anilines is 2. The average Bonchev–Trinajstić information content (AvgIpc) is 2.69. The Hall–Kier alpha value is -3.00. The Balaban J connectivity index is 1.50. The van der Waals surface area contributed by atoms with Crippen LogP contribution in [0.25, 0.3) is 0 Å². The molecular formula is C19H23N5O3. The summed E-state index contributed by atoms with van der Waals surface area (Å²) in [7, 11) is 0.